The van der Waals surface area contributed by atoms with E-state index >= 15 is 0 Å². The van der Waals surface area contributed by atoms with E-state index < -0.39 is 21.5 Å². The number of rotatable bonds is 4. The van der Waals surface area contributed by atoms with Crippen LogP contribution in [0.4, 0.5) is 13.2 Å². The fourth-order valence-electron chi connectivity index (χ4n) is 3.43. The molecule has 0 radical (unpaired) electrons. The van der Waals surface area contributed by atoms with E-state index in [2.05, 4.69) is 9.17 Å². The summed E-state index contributed by atoms with van der Waals surface area (Å²) >= 11 is 0. The van der Waals surface area contributed by atoms with E-state index in [4.69, 9.17) is 0 Å². The van der Waals surface area contributed by atoms with Crippen LogP contribution in [0.5, 0.6) is 5.88 Å². The van der Waals surface area contributed by atoms with Gasteiger partial charge in [0.05, 0.1) is 0 Å². The van der Waals surface area contributed by atoms with Gasteiger partial charge < -0.3 is 4.18 Å². The van der Waals surface area contributed by atoms with Crippen LogP contribution in [0.3, 0.4) is 0 Å². The fourth-order valence-corrected chi connectivity index (χ4v) is 3.85. The van der Waals surface area contributed by atoms with E-state index in [1.54, 1.807) is 36.4 Å². The summed E-state index contributed by atoms with van der Waals surface area (Å²) in [6.07, 6.45) is 4.53. The lowest BCUT2D eigenvalue weighted by atomic mass is 9.85. The van der Waals surface area contributed by atoms with Crippen molar-refractivity contribution >= 4 is 10.1 Å². The summed E-state index contributed by atoms with van der Waals surface area (Å²) in [6.45, 7) is 1.87. The summed E-state index contributed by atoms with van der Waals surface area (Å²) in [7, 11) is -5.95. The Balaban J connectivity index is 2.18. The zero-order chi connectivity index (χ0) is 21.2. The molecule has 1 fully saturated rings. The molecule has 0 aliphatic heterocycles. The molecule has 2 aromatic rings. The van der Waals surface area contributed by atoms with E-state index in [0.717, 1.165) is 37.7 Å². The van der Waals surface area contributed by atoms with E-state index in [-0.39, 0.29) is 11.5 Å². The number of benzene rings is 1. The van der Waals surface area contributed by atoms with Gasteiger partial charge in [-0.25, -0.2) is 4.98 Å². The smallest absolute Gasteiger partial charge is 0.354 e. The van der Waals surface area contributed by atoms with Gasteiger partial charge in [0.1, 0.15) is 11.6 Å². The number of halogens is 3. The van der Waals surface area contributed by atoms with Crippen LogP contribution in [0.1, 0.15) is 54.8 Å². The highest BCUT2D eigenvalue weighted by molar-refractivity contribution is 7.87. The SMILES string of the molecule is Cc1ccc(-c2cc(C3CCCCC3)nc(OS(=O)(=O)C(F)(F)F)c2C#N)cc1. The number of nitriles is 1. The van der Waals surface area contributed by atoms with Crippen LogP contribution >= 0.6 is 0 Å². The Labute approximate surface area is 167 Å². The maximum absolute atomic E-state index is 12.9. The van der Waals surface area contributed by atoms with Gasteiger partial charge in [0.25, 0.3) is 5.88 Å². The molecule has 0 unspecified atom stereocenters. The third-order valence-corrected chi connectivity index (χ3v) is 5.92. The maximum Gasteiger partial charge on any atom is 0.534 e. The second kappa shape index (κ2) is 8.03. The molecule has 1 aliphatic carbocycles. The number of aromatic nitrogens is 1. The quantitative estimate of drug-likeness (QED) is 0.498. The molecule has 0 N–H and O–H groups in total. The molecule has 1 heterocycles. The molecular weight excluding hydrogens is 405 g/mol. The average molecular weight is 424 g/mol. The minimum Gasteiger partial charge on any atom is -0.354 e. The molecular formula is C20H19F3N2O3S. The Morgan fingerprint density at radius 2 is 1.76 bits per heavy atom. The van der Waals surface area contributed by atoms with Gasteiger partial charge in [0.15, 0.2) is 0 Å². The highest BCUT2D eigenvalue weighted by Crippen LogP contribution is 2.38. The zero-order valence-corrected chi connectivity index (χ0v) is 16.5. The van der Waals surface area contributed by atoms with Crippen molar-refractivity contribution in [2.45, 2.75) is 50.5 Å². The van der Waals surface area contributed by atoms with Gasteiger partial charge in [-0.2, -0.15) is 26.9 Å². The van der Waals surface area contributed by atoms with E-state index in [0.29, 0.717) is 16.8 Å². The second-order valence-electron chi connectivity index (χ2n) is 7.07. The molecule has 0 atom stereocenters. The number of hydrogen-bond acceptors (Lipinski definition) is 5. The predicted octanol–water partition coefficient (Wildman–Crippen LogP) is 5.20. The van der Waals surface area contributed by atoms with Gasteiger partial charge in [-0.3, -0.25) is 0 Å². The normalized spacial score (nSPS) is 15.7. The van der Waals surface area contributed by atoms with Crippen LogP contribution in [0.2, 0.25) is 0 Å². The lowest BCUT2D eigenvalue weighted by molar-refractivity contribution is -0.0501. The van der Waals surface area contributed by atoms with Gasteiger partial charge >= 0.3 is 15.6 Å². The van der Waals surface area contributed by atoms with Crippen molar-refractivity contribution in [1.29, 1.82) is 5.26 Å². The van der Waals surface area contributed by atoms with Gasteiger partial charge in [-0.1, -0.05) is 49.1 Å². The Morgan fingerprint density at radius 1 is 1.14 bits per heavy atom. The van der Waals surface area contributed by atoms with Crippen molar-refractivity contribution in [3.8, 4) is 23.1 Å². The Morgan fingerprint density at radius 3 is 2.31 bits per heavy atom. The van der Waals surface area contributed by atoms with Crippen LogP contribution in [0, 0.1) is 18.3 Å². The summed E-state index contributed by atoms with van der Waals surface area (Å²) in [5.74, 6) is -0.861. The van der Waals surface area contributed by atoms with Crippen molar-refractivity contribution in [2.75, 3.05) is 0 Å². The molecule has 1 saturated carbocycles. The first-order valence-electron chi connectivity index (χ1n) is 9.15. The van der Waals surface area contributed by atoms with Gasteiger partial charge in [-0.15, -0.1) is 0 Å². The van der Waals surface area contributed by atoms with Crippen molar-refractivity contribution in [3.63, 3.8) is 0 Å². The lowest BCUT2D eigenvalue weighted by Crippen LogP contribution is -2.29. The van der Waals surface area contributed by atoms with Gasteiger partial charge in [0, 0.05) is 17.2 Å². The minimum atomic E-state index is -5.95. The fraction of sp³-hybridized carbons (Fsp3) is 0.400. The molecule has 1 aromatic heterocycles. The molecule has 1 aromatic carbocycles. The van der Waals surface area contributed by atoms with Crippen LogP contribution in [0.15, 0.2) is 30.3 Å². The van der Waals surface area contributed by atoms with E-state index in [9.17, 15) is 26.9 Å². The molecule has 5 nitrogen and oxygen atoms in total. The Bertz CT molecular complexity index is 1040. The average Bonchev–Trinajstić information content (AvgIpc) is 2.67. The van der Waals surface area contributed by atoms with E-state index in [1.165, 1.54) is 0 Å². The summed E-state index contributed by atoms with van der Waals surface area (Å²) < 4.78 is 66.0. The first-order chi connectivity index (χ1) is 13.6. The van der Waals surface area contributed by atoms with Crippen LogP contribution in [-0.2, 0) is 10.1 Å². The van der Waals surface area contributed by atoms with Crippen molar-refractivity contribution < 1.29 is 25.8 Å². The molecule has 0 bridgehead atoms. The topological polar surface area (TPSA) is 80.0 Å². The highest BCUT2D eigenvalue weighted by Gasteiger charge is 2.49. The Hall–Kier alpha value is -2.60. The predicted molar refractivity (Wildman–Crippen MR) is 101 cm³/mol. The number of nitrogens with zero attached hydrogens (tertiary/aromatic N) is 2. The summed E-state index contributed by atoms with van der Waals surface area (Å²) in [5, 5.41) is 9.57. The lowest BCUT2D eigenvalue weighted by Gasteiger charge is -2.23. The number of pyridine rings is 1. The van der Waals surface area contributed by atoms with E-state index in [1.807, 2.05) is 6.92 Å². The van der Waals surface area contributed by atoms with Gasteiger partial charge in [-0.05, 0) is 31.4 Å². The standard InChI is InChI=1S/C20H19F3N2O3S/c1-13-7-9-14(10-8-13)16-11-18(15-5-3-2-4-6-15)25-19(17(16)12-24)28-29(26,27)20(21,22)23/h7-11,15H,2-6H2,1H3. The van der Waals surface area contributed by atoms with Crippen LogP contribution in [-0.4, -0.2) is 18.9 Å². The molecule has 0 saturated heterocycles. The second-order valence-corrected chi connectivity index (χ2v) is 8.61. The maximum atomic E-state index is 12.9. The monoisotopic (exact) mass is 424 g/mol. The molecule has 3 rings (SSSR count). The largest absolute Gasteiger partial charge is 0.534 e. The first kappa shape index (κ1) is 21.1. The molecule has 1 aliphatic rings. The molecule has 9 heteroatoms. The number of aryl methyl sites for hydroxylation is 1. The number of alkyl halides is 3. The van der Waals surface area contributed by atoms with Crippen LogP contribution in [0.25, 0.3) is 11.1 Å². The molecule has 0 amide bonds. The first-order valence-corrected chi connectivity index (χ1v) is 10.6. The summed E-state index contributed by atoms with van der Waals surface area (Å²) in [6, 6.07) is 10.5. The Kier molecular flexibility index (Phi) is 5.85. The third kappa shape index (κ3) is 4.53. The molecule has 0 spiro atoms. The zero-order valence-electron chi connectivity index (χ0n) is 15.7. The van der Waals surface area contributed by atoms with Crippen molar-refractivity contribution in [1.82, 2.24) is 4.98 Å². The molecule has 154 valence electrons. The highest BCUT2D eigenvalue weighted by atomic mass is 32.2. The summed E-state index contributed by atoms with van der Waals surface area (Å²) in [4.78, 5) is 4.05. The van der Waals surface area contributed by atoms with Crippen molar-refractivity contribution in [3.05, 3.63) is 47.2 Å². The van der Waals surface area contributed by atoms with Crippen LogP contribution < -0.4 is 4.18 Å². The molecule has 29 heavy (non-hydrogen) atoms. The van der Waals surface area contributed by atoms with Gasteiger partial charge in [0.2, 0.25) is 0 Å². The number of hydrogen-bond donors (Lipinski definition) is 0. The third-order valence-electron chi connectivity index (χ3n) is 4.98. The summed E-state index contributed by atoms with van der Waals surface area (Å²) in [5.41, 5.74) is -3.69. The van der Waals surface area contributed by atoms with Crippen molar-refractivity contribution in [2.24, 2.45) is 0 Å². The minimum absolute atomic E-state index is 0.0309.